The Balaban J connectivity index is 1.66. The molecule has 0 unspecified atom stereocenters. The van der Waals surface area contributed by atoms with Crippen molar-refractivity contribution in [1.82, 2.24) is 19.9 Å². The van der Waals surface area contributed by atoms with Crippen molar-refractivity contribution in [1.29, 1.82) is 0 Å². The van der Waals surface area contributed by atoms with Crippen LogP contribution in [-0.2, 0) is 13.0 Å². The van der Waals surface area contributed by atoms with Crippen molar-refractivity contribution in [3.63, 3.8) is 0 Å². The predicted octanol–water partition coefficient (Wildman–Crippen LogP) is -0.401. The summed E-state index contributed by atoms with van der Waals surface area (Å²) in [5.41, 5.74) is 6.43. The maximum atomic E-state index is 12.3. The molecule has 2 aromatic heterocycles. The van der Waals surface area contributed by atoms with Crippen molar-refractivity contribution < 1.29 is 14.3 Å². The summed E-state index contributed by atoms with van der Waals surface area (Å²) in [5.74, 6) is -0.00937. The number of oxazole rings is 1. The maximum absolute atomic E-state index is 12.3. The molecule has 0 aliphatic carbocycles. The Hall–Kier alpha value is -2.32. The van der Waals surface area contributed by atoms with Gasteiger partial charge in [0.05, 0.1) is 18.3 Å². The molecule has 1 aliphatic rings. The van der Waals surface area contributed by atoms with Crippen LogP contribution in [-0.4, -0.2) is 50.1 Å². The molecule has 0 radical (unpaired) electrons. The number of nitrogens with two attached hydrogens (primary N) is 1. The van der Waals surface area contributed by atoms with E-state index in [9.17, 15) is 9.90 Å². The third-order valence-corrected chi connectivity index (χ3v) is 3.73. The molecule has 3 rings (SSSR count). The average molecular weight is 303 g/mol. The number of carbonyl (C=O) groups is 1. The van der Waals surface area contributed by atoms with E-state index >= 15 is 0 Å². The molecule has 0 aromatic carbocycles. The number of aliphatic hydroxyl groups excluding tert-OH is 1. The van der Waals surface area contributed by atoms with E-state index in [-0.39, 0.29) is 30.6 Å². The van der Waals surface area contributed by atoms with Crippen molar-refractivity contribution in [2.24, 2.45) is 11.7 Å². The molecular weight excluding hydrogens is 286 g/mol. The van der Waals surface area contributed by atoms with E-state index in [1.807, 2.05) is 0 Å². The monoisotopic (exact) mass is 303 g/mol. The number of hydrogen-bond acceptors (Lipinski definition) is 7. The van der Waals surface area contributed by atoms with E-state index in [4.69, 9.17) is 10.2 Å². The molecule has 0 saturated carbocycles. The molecular formula is C14H17N5O3. The molecule has 116 valence electrons. The van der Waals surface area contributed by atoms with Crippen molar-refractivity contribution in [2.75, 3.05) is 13.1 Å². The Morgan fingerprint density at radius 2 is 2.32 bits per heavy atom. The summed E-state index contributed by atoms with van der Waals surface area (Å²) in [7, 11) is 0. The molecule has 22 heavy (non-hydrogen) atoms. The van der Waals surface area contributed by atoms with Crippen molar-refractivity contribution in [3.05, 3.63) is 42.1 Å². The lowest BCUT2D eigenvalue weighted by Crippen LogP contribution is -2.30. The van der Waals surface area contributed by atoms with Gasteiger partial charge in [0.15, 0.2) is 5.69 Å². The highest BCUT2D eigenvalue weighted by molar-refractivity contribution is 5.92. The minimum atomic E-state index is -0.591. The minimum absolute atomic E-state index is 0.0680. The van der Waals surface area contributed by atoms with Gasteiger partial charge in [-0.05, 0) is 6.42 Å². The summed E-state index contributed by atoms with van der Waals surface area (Å²) in [6.07, 6.45) is 6.17. The van der Waals surface area contributed by atoms with Gasteiger partial charge in [0.2, 0.25) is 5.89 Å². The topological polar surface area (TPSA) is 118 Å². The number of hydrogen-bond donors (Lipinski definition) is 2. The minimum Gasteiger partial charge on any atom is -0.447 e. The highest BCUT2D eigenvalue weighted by Gasteiger charge is 2.35. The lowest BCUT2D eigenvalue weighted by Gasteiger charge is -2.14. The van der Waals surface area contributed by atoms with Gasteiger partial charge in [0, 0.05) is 37.6 Å². The summed E-state index contributed by atoms with van der Waals surface area (Å²) in [4.78, 5) is 26.1. The van der Waals surface area contributed by atoms with Crippen LogP contribution in [0.1, 0.15) is 22.1 Å². The summed E-state index contributed by atoms with van der Waals surface area (Å²) in [5, 5.41) is 10.2. The Morgan fingerprint density at radius 3 is 3.00 bits per heavy atom. The Bertz CT molecular complexity index is 645. The number of aromatic nitrogens is 3. The second kappa shape index (κ2) is 6.20. The third-order valence-electron chi connectivity index (χ3n) is 3.73. The Kier molecular flexibility index (Phi) is 4.12. The van der Waals surface area contributed by atoms with Gasteiger partial charge >= 0.3 is 0 Å². The highest BCUT2D eigenvalue weighted by atomic mass is 16.3. The fraction of sp³-hybridized carbons (Fsp3) is 0.429. The van der Waals surface area contributed by atoms with Gasteiger partial charge in [-0.15, -0.1) is 0 Å². The van der Waals surface area contributed by atoms with E-state index in [0.717, 1.165) is 5.69 Å². The molecule has 1 amide bonds. The molecule has 8 nitrogen and oxygen atoms in total. The van der Waals surface area contributed by atoms with Crippen LogP contribution in [0.4, 0.5) is 0 Å². The van der Waals surface area contributed by atoms with Crippen LogP contribution < -0.4 is 5.73 Å². The SMILES string of the molecule is NCc1nc(C(=O)N2C[C@@H](Cc3cnccn3)[C@H](O)C2)co1. The highest BCUT2D eigenvalue weighted by Crippen LogP contribution is 2.22. The van der Waals surface area contributed by atoms with Crippen molar-refractivity contribution >= 4 is 5.91 Å². The number of carbonyl (C=O) groups excluding carboxylic acids is 1. The van der Waals surface area contributed by atoms with Gasteiger partial charge in [0.1, 0.15) is 6.26 Å². The van der Waals surface area contributed by atoms with Gasteiger partial charge in [-0.2, -0.15) is 0 Å². The first-order valence-electron chi connectivity index (χ1n) is 7.04. The zero-order chi connectivity index (χ0) is 15.5. The number of nitrogens with zero attached hydrogens (tertiary/aromatic N) is 4. The normalized spacial score (nSPS) is 21.3. The van der Waals surface area contributed by atoms with Gasteiger partial charge in [-0.3, -0.25) is 14.8 Å². The van der Waals surface area contributed by atoms with Crippen LogP contribution in [0.3, 0.4) is 0 Å². The molecule has 2 aromatic rings. The van der Waals surface area contributed by atoms with Gasteiger partial charge < -0.3 is 20.2 Å². The second-order valence-electron chi connectivity index (χ2n) is 5.27. The van der Waals surface area contributed by atoms with Crippen LogP contribution in [0.15, 0.2) is 29.3 Å². The van der Waals surface area contributed by atoms with Crippen LogP contribution in [0.2, 0.25) is 0 Å². The van der Waals surface area contributed by atoms with E-state index in [0.29, 0.717) is 18.9 Å². The molecule has 0 bridgehead atoms. The van der Waals surface area contributed by atoms with Crippen LogP contribution in [0.5, 0.6) is 0 Å². The molecule has 8 heteroatoms. The summed E-state index contributed by atoms with van der Waals surface area (Å²) in [6, 6.07) is 0. The summed E-state index contributed by atoms with van der Waals surface area (Å²) in [6.45, 7) is 0.862. The first kappa shape index (κ1) is 14.6. The Morgan fingerprint density at radius 1 is 1.45 bits per heavy atom. The first-order valence-corrected chi connectivity index (χ1v) is 7.04. The third kappa shape index (κ3) is 2.97. The zero-order valence-corrected chi connectivity index (χ0v) is 11.9. The van der Waals surface area contributed by atoms with E-state index < -0.39 is 6.10 Å². The first-order chi connectivity index (χ1) is 10.7. The summed E-state index contributed by atoms with van der Waals surface area (Å²) < 4.78 is 5.08. The van der Waals surface area contributed by atoms with Gasteiger partial charge in [-0.1, -0.05) is 0 Å². The summed E-state index contributed by atoms with van der Waals surface area (Å²) >= 11 is 0. The standard InChI is InChI=1S/C14H17N5O3/c15-4-13-18-11(8-22-13)14(21)19-6-9(12(20)7-19)3-10-5-16-1-2-17-10/h1-2,5,8-9,12,20H,3-4,6-7,15H2/t9-,12-/m1/s1. The van der Waals surface area contributed by atoms with E-state index in [1.54, 1.807) is 23.5 Å². The largest absolute Gasteiger partial charge is 0.447 e. The second-order valence-corrected chi connectivity index (χ2v) is 5.27. The lowest BCUT2D eigenvalue weighted by atomic mass is 10.0. The number of amides is 1. The maximum Gasteiger partial charge on any atom is 0.275 e. The molecule has 1 aliphatic heterocycles. The fourth-order valence-electron chi connectivity index (χ4n) is 2.59. The number of rotatable bonds is 4. The molecule has 2 atom stereocenters. The molecule has 3 heterocycles. The molecule has 0 spiro atoms. The number of likely N-dealkylation sites (tertiary alicyclic amines) is 1. The van der Waals surface area contributed by atoms with Crippen LogP contribution in [0.25, 0.3) is 0 Å². The smallest absolute Gasteiger partial charge is 0.275 e. The van der Waals surface area contributed by atoms with Crippen LogP contribution in [0, 0.1) is 5.92 Å². The molecule has 3 N–H and O–H groups in total. The van der Waals surface area contributed by atoms with Gasteiger partial charge in [-0.25, -0.2) is 4.98 Å². The van der Waals surface area contributed by atoms with E-state index in [1.165, 1.54) is 6.26 Å². The average Bonchev–Trinajstić information content (AvgIpc) is 3.15. The van der Waals surface area contributed by atoms with Crippen molar-refractivity contribution in [3.8, 4) is 0 Å². The van der Waals surface area contributed by atoms with E-state index in [2.05, 4.69) is 15.0 Å². The molecule has 1 fully saturated rings. The molecule has 1 saturated heterocycles. The van der Waals surface area contributed by atoms with Crippen molar-refractivity contribution in [2.45, 2.75) is 19.1 Å². The predicted molar refractivity (Wildman–Crippen MR) is 75.5 cm³/mol. The van der Waals surface area contributed by atoms with Gasteiger partial charge in [0.25, 0.3) is 5.91 Å². The zero-order valence-electron chi connectivity index (χ0n) is 11.9. The lowest BCUT2D eigenvalue weighted by molar-refractivity contribution is 0.0759. The Labute approximate surface area is 127 Å². The number of aliphatic hydroxyl groups is 1. The fourth-order valence-corrected chi connectivity index (χ4v) is 2.59. The number of β-amino-alcohol motifs (C(OH)–C–C–N with tert-alkyl or cyclic N) is 1. The van der Waals surface area contributed by atoms with Crippen LogP contribution >= 0.6 is 0 Å². The quantitative estimate of drug-likeness (QED) is 0.788.